The van der Waals surface area contributed by atoms with Crippen molar-refractivity contribution in [3.05, 3.63) is 0 Å². The van der Waals surface area contributed by atoms with Crippen LogP contribution in [0.4, 0.5) is 0 Å². The third-order valence-corrected chi connectivity index (χ3v) is 6.54. The molecule has 0 atom stereocenters. The zero-order valence-electron chi connectivity index (χ0n) is 12.3. The summed E-state index contributed by atoms with van der Waals surface area (Å²) in [5.41, 5.74) is 0. The third-order valence-electron chi connectivity index (χ3n) is 3.12. The van der Waals surface area contributed by atoms with Crippen LogP contribution in [0.5, 0.6) is 0 Å². The van der Waals surface area contributed by atoms with Gasteiger partial charge in [-0.2, -0.15) is 0 Å². The Bertz CT molecular complexity index is 169. The standard InChI is InChI=1S/C13H32N2Si/c1-7-8-11-16(5,6)12-9-10-15(4)13-14(2)3/h7-13H2,1-6H3. The fourth-order valence-electron chi connectivity index (χ4n) is 2.16. The quantitative estimate of drug-likeness (QED) is 0.453. The SMILES string of the molecule is CCCC[Si](C)(C)CCCN(C)CN(C)C. The van der Waals surface area contributed by atoms with Crippen molar-refractivity contribution in [1.82, 2.24) is 9.80 Å². The predicted molar refractivity (Wildman–Crippen MR) is 77.8 cm³/mol. The van der Waals surface area contributed by atoms with E-state index in [9.17, 15) is 0 Å². The lowest BCUT2D eigenvalue weighted by atomic mass is 10.4. The summed E-state index contributed by atoms with van der Waals surface area (Å²) in [5.74, 6) is 0. The Hall–Kier alpha value is 0.137. The molecule has 0 spiro atoms. The van der Waals surface area contributed by atoms with Gasteiger partial charge in [-0.1, -0.05) is 44.9 Å². The highest BCUT2D eigenvalue weighted by molar-refractivity contribution is 6.77. The minimum atomic E-state index is -0.871. The molecule has 2 nitrogen and oxygen atoms in total. The second-order valence-corrected chi connectivity index (χ2v) is 11.5. The molecule has 0 aliphatic rings. The second kappa shape index (κ2) is 8.26. The predicted octanol–water partition coefficient (Wildman–Crippen LogP) is 3.34. The first-order valence-corrected chi connectivity index (χ1v) is 10.1. The number of hydrogen-bond donors (Lipinski definition) is 0. The molecular formula is C13H32N2Si. The van der Waals surface area contributed by atoms with Crippen molar-refractivity contribution in [3.63, 3.8) is 0 Å². The summed E-state index contributed by atoms with van der Waals surface area (Å²) >= 11 is 0. The van der Waals surface area contributed by atoms with E-state index >= 15 is 0 Å². The summed E-state index contributed by atoms with van der Waals surface area (Å²) in [6.45, 7) is 9.73. The normalized spacial score (nSPS) is 12.8. The summed E-state index contributed by atoms with van der Waals surface area (Å²) in [7, 11) is 5.62. The molecule has 0 aromatic heterocycles. The Morgan fingerprint density at radius 1 is 0.938 bits per heavy atom. The van der Waals surface area contributed by atoms with Crippen LogP contribution >= 0.6 is 0 Å². The topological polar surface area (TPSA) is 6.48 Å². The van der Waals surface area contributed by atoms with E-state index in [1.54, 1.807) is 0 Å². The van der Waals surface area contributed by atoms with Crippen molar-refractivity contribution in [2.75, 3.05) is 34.4 Å². The van der Waals surface area contributed by atoms with Crippen LogP contribution in [0.1, 0.15) is 26.2 Å². The largest absolute Gasteiger partial charge is 0.297 e. The molecule has 0 radical (unpaired) electrons. The van der Waals surface area contributed by atoms with Crippen LogP contribution in [0.25, 0.3) is 0 Å². The van der Waals surface area contributed by atoms with Gasteiger partial charge >= 0.3 is 0 Å². The molecule has 0 saturated heterocycles. The van der Waals surface area contributed by atoms with Crippen molar-refractivity contribution < 1.29 is 0 Å². The summed E-state index contributed by atoms with van der Waals surface area (Å²) in [4.78, 5) is 4.66. The first kappa shape index (κ1) is 16.1. The van der Waals surface area contributed by atoms with E-state index in [2.05, 4.69) is 51.0 Å². The highest BCUT2D eigenvalue weighted by Crippen LogP contribution is 2.20. The smallest absolute Gasteiger partial charge is 0.0497 e. The molecule has 0 saturated carbocycles. The monoisotopic (exact) mass is 244 g/mol. The first-order valence-electron chi connectivity index (χ1n) is 6.70. The van der Waals surface area contributed by atoms with Crippen LogP contribution < -0.4 is 0 Å². The first-order chi connectivity index (χ1) is 7.37. The van der Waals surface area contributed by atoms with Crippen molar-refractivity contribution in [1.29, 1.82) is 0 Å². The Balaban J connectivity index is 3.63. The molecule has 0 fully saturated rings. The molecule has 0 bridgehead atoms. The lowest BCUT2D eigenvalue weighted by molar-refractivity contribution is 0.211. The number of hydrogen-bond acceptors (Lipinski definition) is 2. The Morgan fingerprint density at radius 2 is 1.50 bits per heavy atom. The van der Waals surface area contributed by atoms with Gasteiger partial charge in [0.2, 0.25) is 0 Å². The van der Waals surface area contributed by atoms with Crippen molar-refractivity contribution in [2.45, 2.75) is 51.4 Å². The van der Waals surface area contributed by atoms with Crippen LogP contribution in [0.3, 0.4) is 0 Å². The Morgan fingerprint density at radius 3 is 2.00 bits per heavy atom. The van der Waals surface area contributed by atoms with Crippen LogP contribution in [0.15, 0.2) is 0 Å². The molecule has 0 aliphatic heterocycles. The fourth-order valence-corrected chi connectivity index (χ4v) is 4.84. The molecule has 0 aromatic carbocycles. The zero-order chi connectivity index (χ0) is 12.6. The fraction of sp³-hybridized carbons (Fsp3) is 1.00. The van der Waals surface area contributed by atoms with E-state index in [0.29, 0.717) is 0 Å². The lowest BCUT2D eigenvalue weighted by Crippen LogP contribution is -2.32. The Kier molecular flexibility index (Phi) is 8.33. The van der Waals surface area contributed by atoms with Crippen LogP contribution in [0.2, 0.25) is 25.2 Å². The van der Waals surface area contributed by atoms with E-state index in [1.165, 1.54) is 37.9 Å². The maximum absolute atomic E-state index is 2.55. The molecule has 0 rings (SSSR count). The van der Waals surface area contributed by atoms with Crippen LogP contribution in [-0.2, 0) is 0 Å². The van der Waals surface area contributed by atoms with E-state index < -0.39 is 8.07 Å². The summed E-state index contributed by atoms with van der Waals surface area (Å²) in [6.07, 6.45) is 4.18. The average Bonchev–Trinajstić information content (AvgIpc) is 2.13. The summed E-state index contributed by atoms with van der Waals surface area (Å²) in [6, 6.07) is 3.01. The molecular weight excluding hydrogens is 212 g/mol. The molecule has 0 aromatic rings. The summed E-state index contributed by atoms with van der Waals surface area (Å²) in [5, 5.41) is 0. The molecule has 0 N–H and O–H groups in total. The van der Waals surface area contributed by atoms with Gasteiger partial charge < -0.3 is 0 Å². The van der Waals surface area contributed by atoms with Crippen molar-refractivity contribution in [2.24, 2.45) is 0 Å². The van der Waals surface area contributed by atoms with Gasteiger partial charge in [0.25, 0.3) is 0 Å². The van der Waals surface area contributed by atoms with Gasteiger partial charge in [0.1, 0.15) is 0 Å². The van der Waals surface area contributed by atoms with E-state index in [4.69, 9.17) is 0 Å². The minimum absolute atomic E-state index is 0.871. The highest BCUT2D eigenvalue weighted by atomic mass is 28.3. The van der Waals surface area contributed by atoms with Gasteiger partial charge in [-0.05, 0) is 34.1 Å². The molecule has 0 amide bonds. The van der Waals surface area contributed by atoms with E-state index in [-0.39, 0.29) is 0 Å². The molecule has 0 unspecified atom stereocenters. The zero-order valence-corrected chi connectivity index (χ0v) is 13.3. The van der Waals surface area contributed by atoms with E-state index in [0.717, 1.165) is 6.67 Å². The lowest BCUT2D eigenvalue weighted by Gasteiger charge is -2.25. The molecule has 16 heavy (non-hydrogen) atoms. The Labute approximate surface area is 104 Å². The van der Waals surface area contributed by atoms with Gasteiger partial charge in [0.05, 0.1) is 0 Å². The molecule has 98 valence electrons. The third kappa shape index (κ3) is 9.37. The highest BCUT2D eigenvalue weighted by Gasteiger charge is 2.19. The molecule has 0 heterocycles. The van der Waals surface area contributed by atoms with Crippen molar-refractivity contribution in [3.8, 4) is 0 Å². The molecule has 0 aliphatic carbocycles. The van der Waals surface area contributed by atoms with E-state index in [1.807, 2.05) is 0 Å². The van der Waals surface area contributed by atoms with Gasteiger partial charge in [0.15, 0.2) is 0 Å². The maximum Gasteiger partial charge on any atom is 0.0497 e. The van der Waals surface area contributed by atoms with Crippen molar-refractivity contribution >= 4 is 8.07 Å². The average molecular weight is 244 g/mol. The number of rotatable bonds is 9. The van der Waals surface area contributed by atoms with Gasteiger partial charge in [0, 0.05) is 14.7 Å². The maximum atomic E-state index is 2.55. The van der Waals surface area contributed by atoms with Gasteiger partial charge in [-0.25, -0.2) is 0 Å². The number of nitrogens with zero attached hydrogens (tertiary/aromatic N) is 2. The molecule has 3 heteroatoms. The summed E-state index contributed by atoms with van der Waals surface area (Å²) < 4.78 is 0. The van der Waals surface area contributed by atoms with Gasteiger partial charge in [-0.3, -0.25) is 9.80 Å². The van der Waals surface area contributed by atoms with Crippen LogP contribution in [-0.4, -0.2) is 52.2 Å². The van der Waals surface area contributed by atoms with Gasteiger partial charge in [-0.15, -0.1) is 0 Å². The van der Waals surface area contributed by atoms with Crippen LogP contribution in [0, 0.1) is 0 Å². The second-order valence-electron chi connectivity index (χ2n) is 6.17. The minimum Gasteiger partial charge on any atom is -0.297 e. The number of unbranched alkanes of at least 4 members (excludes halogenated alkanes) is 1.